The molecule has 0 aliphatic carbocycles. The number of rotatable bonds is 19. The zero-order valence-electron chi connectivity index (χ0n) is 44.3. The van der Waals surface area contributed by atoms with E-state index in [9.17, 15) is 33.6 Å². The predicted molar refractivity (Wildman–Crippen MR) is 291 cm³/mol. The summed E-state index contributed by atoms with van der Waals surface area (Å²) >= 11 is 0. The first-order valence-electron chi connectivity index (χ1n) is 27.6. The molecule has 9 N–H and O–H groups in total. The van der Waals surface area contributed by atoms with Crippen LogP contribution >= 0.6 is 0 Å². The van der Waals surface area contributed by atoms with E-state index in [1.54, 1.807) is 23.6 Å². The molecule has 9 rings (SSSR count). The Kier molecular flexibility index (Phi) is 17.7. The van der Waals surface area contributed by atoms with Gasteiger partial charge in [0, 0.05) is 37.0 Å². The lowest BCUT2D eigenvalue weighted by Crippen LogP contribution is -2.59. The van der Waals surface area contributed by atoms with E-state index in [-0.39, 0.29) is 48.6 Å². The summed E-state index contributed by atoms with van der Waals surface area (Å²) in [4.78, 5) is 103. The summed E-state index contributed by atoms with van der Waals surface area (Å²) in [6, 6.07) is 31.7. The maximum atomic E-state index is 14.9. The van der Waals surface area contributed by atoms with Gasteiger partial charge in [0.25, 0.3) is 5.91 Å². The second-order valence-electron chi connectivity index (χ2n) is 21.2. The Bertz CT molecular complexity index is 2810. The van der Waals surface area contributed by atoms with Crippen LogP contribution in [0.3, 0.4) is 0 Å². The van der Waals surface area contributed by atoms with E-state index < -0.39 is 83.8 Å². The Labute approximate surface area is 455 Å². The standard InChI is InChI=1S/C59H72N12O7/c1-3-44(60)53(72)65-51-40(25-27-42-29-31-47(70(42)58(51)77)56(75)63-49(36-17-9-5-10-18-36)37-19-11-6-12-20-37)33-62-55(74)46-35-69(68-67-46)34-41-26-28-43-30-32-48(71(43)59(78)52(41)66-54(73)45(61)4-2)57(76)64-50(38-21-13-7-14-22-38)39-23-15-8-16-24-39/h5-24,35,40-45,47-52H,3-4,25-34,60-61H2,1-2H3,(H,62,74)(H,63,75)(H,64,76)(H,65,72)(H,66,73)/t40-,41-,42+,43+,44+,45+,47+,48+,51+,52+/m1/s1. The Morgan fingerprint density at radius 2 is 0.936 bits per heavy atom. The number of nitrogens with two attached hydrogens (primary N) is 2. The molecule has 4 aliphatic rings. The summed E-state index contributed by atoms with van der Waals surface area (Å²) < 4.78 is 1.47. The first-order chi connectivity index (χ1) is 37.8. The molecule has 10 atom stereocenters. The molecule has 4 saturated heterocycles. The second-order valence-corrected chi connectivity index (χ2v) is 21.2. The smallest absolute Gasteiger partial charge is 0.273 e. The number of nitrogens with one attached hydrogen (secondary N) is 5. The third kappa shape index (κ3) is 12.3. The zero-order chi connectivity index (χ0) is 54.9. The minimum Gasteiger partial charge on any atom is -0.350 e. The highest BCUT2D eigenvalue weighted by Crippen LogP contribution is 2.37. The van der Waals surface area contributed by atoms with Crippen molar-refractivity contribution in [1.82, 2.24) is 51.4 Å². The van der Waals surface area contributed by atoms with Gasteiger partial charge in [-0.3, -0.25) is 38.2 Å². The first-order valence-corrected chi connectivity index (χ1v) is 27.6. The number of aromatic nitrogens is 3. The normalized spacial score (nSPS) is 23.8. The molecule has 19 nitrogen and oxygen atoms in total. The molecule has 0 saturated carbocycles. The van der Waals surface area contributed by atoms with Crippen LogP contribution in [-0.4, -0.2) is 121 Å². The number of amides is 7. The van der Waals surface area contributed by atoms with Gasteiger partial charge in [-0.05, 0) is 86.5 Å². The van der Waals surface area contributed by atoms with Crippen molar-refractivity contribution in [2.75, 3.05) is 6.54 Å². The maximum Gasteiger partial charge on any atom is 0.273 e. The number of benzene rings is 4. The molecule has 0 radical (unpaired) electrons. The van der Waals surface area contributed by atoms with Crippen molar-refractivity contribution in [3.63, 3.8) is 0 Å². The van der Waals surface area contributed by atoms with Gasteiger partial charge in [0.2, 0.25) is 35.4 Å². The fourth-order valence-electron chi connectivity index (χ4n) is 11.9. The molecule has 5 heterocycles. The minimum absolute atomic E-state index is 0.0163. The molecular weight excluding hydrogens is 989 g/mol. The highest BCUT2D eigenvalue weighted by atomic mass is 16.2. The van der Waals surface area contributed by atoms with Crippen LogP contribution < -0.4 is 38.1 Å². The van der Waals surface area contributed by atoms with Crippen molar-refractivity contribution in [3.05, 3.63) is 155 Å². The van der Waals surface area contributed by atoms with Crippen LogP contribution in [0.15, 0.2) is 128 Å². The molecule has 7 amide bonds. The SMILES string of the molecule is CC[C@H](N)C(=O)N[C@@H]1C(=O)N2[C@@H](CC[C@@H]1CNC(=O)c1cn(C[C@H]3CC[C@H]4CC[C@@H](C(=O)NC(c5ccccc5)c5ccccc5)N4C(=O)[C@H]3NC(=O)[C@@H](N)CC)nn1)CC[C@H]2C(=O)NC(c1ccccc1)c1ccccc1. The summed E-state index contributed by atoms with van der Waals surface area (Å²) in [6.45, 7) is 3.65. The van der Waals surface area contributed by atoms with Crippen LogP contribution in [0.1, 0.15) is 123 Å². The first kappa shape index (κ1) is 55.0. The fourth-order valence-corrected chi connectivity index (χ4v) is 11.9. The number of hydrogen-bond donors (Lipinski definition) is 7. The lowest BCUT2D eigenvalue weighted by molar-refractivity contribution is -0.143. The highest BCUT2D eigenvalue weighted by molar-refractivity contribution is 5.96. The van der Waals surface area contributed by atoms with Gasteiger partial charge < -0.3 is 47.9 Å². The van der Waals surface area contributed by atoms with Gasteiger partial charge >= 0.3 is 0 Å². The van der Waals surface area contributed by atoms with E-state index in [1.165, 1.54) is 10.9 Å². The molecule has 4 aliphatic heterocycles. The van der Waals surface area contributed by atoms with E-state index in [4.69, 9.17) is 11.5 Å². The van der Waals surface area contributed by atoms with Crippen molar-refractivity contribution in [3.8, 4) is 0 Å². The van der Waals surface area contributed by atoms with E-state index in [0.29, 0.717) is 64.2 Å². The van der Waals surface area contributed by atoms with Gasteiger partial charge in [-0.1, -0.05) is 140 Å². The minimum atomic E-state index is -1.10. The number of nitrogens with zero attached hydrogens (tertiary/aromatic N) is 5. The molecule has 1 aromatic heterocycles. The van der Waals surface area contributed by atoms with Gasteiger partial charge in [-0.15, -0.1) is 5.10 Å². The van der Waals surface area contributed by atoms with Crippen molar-refractivity contribution in [1.29, 1.82) is 0 Å². The summed E-state index contributed by atoms with van der Waals surface area (Å²) in [5.74, 6) is -4.06. The molecule has 0 bridgehead atoms. The van der Waals surface area contributed by atoms with Gasteiger partial charge in [0.15, 0.2) is 5.69 Å². The molecule has 19 heteroatoms. The van der Waals surface area contributed by atoms with E-state index in [0.717, 1.165) is 22.3 Å². The highest BCUT2D eigenvalue weighted by Gasteiger charge is 2.50. The largest absolute Gasteiger partial charge is 0.350 e. The van der Waals surface area contributed by atoms with Gasteiger partial charge in [-0.25, -0.2) is 0 Å². The summed E-state index contributed by atoms with van der Waals surface area (Å²) in [6.07, 6.45) is 6.25. The molecular formula is C59H72N12O7. The van der Waals surface area contributed by atoms with Crippen LogP contribution in [0.2, 0.25) is 0 Å². The average molecular weight is 1060 g/mol. The van der Waals surface area contributed by atoms with Crippen LogP contribution in [-0.2, 0) is 35.3 Å². The summed E-state index contributed by atoms with van der Waals surface area (Å²) in [5.41, 5.74) is 15.9. The van der Waals surface area contributed by atoms with E-state index in [2.05, 4.69) is 36.9 Å². The monoisotopic (exact) mass is 1060 g/mol. The van der Waals surface area contributed by atoms with Crippen molar-refractivity contribution >= 4 is 41.4 Å². The zero-order valence-corrected chi connectivity index (χ0v) is 44.3. The molecule has 78 heavy (non-hydrogen) atoms. The quantitative estimate of drug-likeness (QED) is 0.0625. The van der Waals surface area contributed by atoms with E-state index >= 15 is 0 Å². The Balaban J connectivity index is 0.888. The van der Waals surface area contributed by atoms with Crippen molar-refractivity contribution in [2.24, 2.45) is 23.3 Å². The summed E-state index contributed by atoms with van der Waals surface area (Å²) in [5, 5.41) is 23.8. The number of carbonyl (C=O) groups excluding carboxylic acids is 7. The fraction of sp³-hybridized carbons (Fsp3) is 0.441. The Hall–Kier alpha value is -7.77. The van der Waals surface area contributed by atoms with Gasteiger partial charge in [0.05, 0.1) is 30.4 Å². The van der Waals surface area contributed by atoms with Crippen molar-refractivity contribution < 1.29 is 33.6 Å². The summed E-state index contributed by atoms with van der Waals surface area (Å²) in [7, 11) is 0. The van der Waals surface area contributed by atoms with Gasteiger partial charge in [0.1, 0.15) is 24.2 Å². The lowest BCUT2D eigenvalue weighted by atomic mass is 9.92. The lowest BCUT2D eigenvalue weighted by Gasteiger charge is -2.33. The molecule has 4 fully saturated rings. The molecule has 0 unspecified atom stereocenters. The number of fused-ring (bicyclic) bond motifs is 2. The van der Waals surface area contributed by atoms with Crippen molar-refractivity contribution in [2.45, 2.75) is 145 Å². The number of hydrogen-bond acceptors (Lipinski definition) is 11. The van der Waals surface area contributed by atoms with E-state index in [1.807, 2.05) is 121 Å². The van der Waals surface area contributed by atoms with Crippen LogP contribution in [0, 0.1) is 11.8 Å². The maximum absolute atomic E-state index is 14.9. The third-order valence-corrected chi connectivity index (χ3v) is 16.3. The van der Waals surface area contributed by atoms with Crippen LogP contribution in [0.4, 0.5) is 0 Å². The average Bonchev–Trinajstić information content (AvgIpc) is 4.30. The van der Waals surface area contributed by atoms with Crippen LogP contribution in [0.5, 0.6) is 0 Å². The van der Waals surface area contributed by atoms with Gasteiger partial charge in [-0.2, -0.15) is 0 Å². The Morgan fingerprint density at radius 1 is 0.551 bits per heavy atom. The topological polar surface area (TPSA) is 269 Å². The predicted octanol–water partition coefficient (Wildman–Crippen LogP) is 3.80. The number of carbonyl (C=O) groups is 7. The second kappa shape index (κ2) is 25.1. The Morgan fingerprint density at radius 3 is 1.35 bits per heavy atom. The third-order valence-electron chi connectivity index (χ3n) is 16.3. The molecule has 4 aromatic carbocycles. The molecule has 5 aromatic rings. The van der Waals surface area contributed by atoms with Crippen LogP contribution in [0.25, 0.3) is 0 Å². The molecule has 0 spiro atoms. The molecule has 410 valence electrons.